The number of thiazole rings is 1. The molecule has 2 rings (SSSR count). The van der Waals surface area contributed by atoms with E-state index in [-0.39, 0.29) is 11.3 Å². The molecule has 0 aliphatic rings. The van der Waals surface area contributed by atoms with Crippen molar-refractivity contribution >= 4 is 17.2 Å². The number of carbonyl (C=O) groups excluding carboxylic acids is 1. The number of hydrogen-bond acceptors (Lipinski definition) is 4. The Labute approximate surface area is 113 Å². The van der Waals surface area contributed by atoms with Crippen molar-refractivity contribution in [1.29, 1.82) is 0 Å². The van der Waals surface area contributed by atoms with Gasteiger partial charge in [0, 0.05) is 17.1 Å². The molecule has 1 heterocycles. The molecule has 2 aromatic rings. The van der Waals surface area contributed by atoms with Gasteiger partial charge in [-0.05, 0) is 18.6 Å². The van der Waals surface area contributed by atoms with Gasteiger partial charge < -0.3 is 10.4 Å². The van der Waals surface area contributed by atoms with Crippen LogP contribution in [0.3, 0.4) is 0 Å². The Kier molecular flexibility index (Phi) is 4.11. The Morgan fingerprint density at radius 1 is 1.53 bits per heavy atom. The van der Waals surface area contributed by atoms with E-state index >= 15 is 0 Å². The number of aryl methyl sites for hydroxylation is 1. The van der Waals surface area contributed by atoms with E-state index in [2.05, 4.69) is 10.3 Å². The molecule has 6 heteroatoms. The number of amides is 1. The molecule has 0 aliphatic carbocycles. The fourth-order valence-corrected chi connectivity index (χ4v) is 2.34. The van der Waals surface area contributed by atoms with Gasteiger partial charge in [-0.2, -0.15) is 0 Å². The smallest absolute Gasteiger partial charge is 0.255 e. The number of benzene rings is 1. The lowest BCUT2D eigenvalue weighted by molar-refractivity contribution is 0.0948. The summed E-state index contributed by atoms with van der Waals surface area (Å²) in [6, 6.07) is 3.29. The van der Waals surface area contributed by atoms with Crippen LogP contribution in [0.4, 0.5) is 4.39 Å². The number of nitrogens with one attached hydrogen (secondary N) is 1. The highest BCUT2D eigenvalue weighted by atomic mass is 32.1. The molecule has 0 unspecified atom stereocenters. The summed E-state index contributed by atoms with van der Waals surface area (Å²) in [7, 11) is 0. The summed E-state index contributed by atoms with van der Waals surface area (Å²) < 4.78 is 12.8. The molecular weight excluding hydrogens is 267 g/mol. The van der Waals surface area contributed by atoms with Crippen LogP contribution in [0.15, 0.2) is 24.4 Å². The predicted octanol–water partition coefficient (Wildman–Crippen LogP) is 2.48. The van der Waals surface area contributed by atoms with Crippen LogP contribution in [0.5, 0.6) is 5.75 Å². The van der Waals surface area contributed by atoms with Crippen LogP contribution in [-0.4, -0.2) is 16.0 Å². The number of carbonyl (C=O) groups is 1. The number of hydrogen-bond donors (Lipinski definition) is 2. The highest BCUT2D eigenvalue weighted by Gasteiger charge is 2.12. The molecule has 0 spiro atoms. The maximum Gasteiger partial charge on any atom is 0.255 e. The Bertz CT molecular complexity index is 598. The van der Waals surface area contributed by atoms with Crippen molar-refractivity contribution in [2.24, 2.45) is 0 Å². The summed E-state index contributed by atoms with van der Waals surface area (Å²) in [5.74, 6) is -1.40. The first-order valence-corrected chi connectivity index (χ1v) is 6.62. The number of nitrogens with zero attached hydrogens (tertiary/aromatic N) is 1. The van der Waals surface area contributed by atoms with Gasteiger partial charge in [0.1, 0.15) is 16.6 Å². The molecule has 1 aromatic heterocycles. The number of aromatic nitrogens is 1. The van der Waals surface area contributed by atoms with E-state index in [9.17, 15) is 14.3 Å². The number of phenolic OH excluding ortho intramolecular Hbond substituents is 1. The fraction of sp³-hybridized carbons (Fsp3) is 0.231. The summed E-state index contributed by atoms with van der Waals surface area (Å²) in [5.41, 5.74) is 0.0497. The van der Waals surface area contributed by atoms with E-state index < -0.39 is 11.7 Å². The lowest BCUT2D eigenvalue weighted by Gasteiger charge is -2.05. The van der Waals surface area contributed by atoms with Crippen LogP contribution in [0.2, 0.25) is 0 Å². The number of halogens is 1. The zero-order valence-electron chi connectivity index (χ0n) is 10.3. The largest absolute Gasteiger partial charge is 0.507 e. The van der Waals surface area contributed by atoms with Gasteiger partial charge in [0.05, 0.1) is 12.1 Å². The SMILES string of the molecule is CCc1cnc(CNC(=O)c2ccc(F)cc2O)s1. The van der Waals surface area contributed by atoms with Crippen molar-refractivity contribution in [2.75, 3.05) is 0 Å². The Morgan fingerprint density at radius 3 is 2.95 bits per heavy atom. The van der Waals surface area contributed by atoms with Gasteiger partial charge >= 0.3 is 0 Å². The van der Waals surface area contributed by atoms with Gasteiger partial charge in [0.25, 0.3) is 5.91 Å². The fourth-order valence-electron chi connectivity index (χ4n) is 1.54. The quantitative estimate of drug-likeness (QED) is 0.904. The monoisotopic (exact) mass is 280 g/mol. The van der Waals surface area contributed by atoms with Gasteiger partial charge in [-0.3, -0.25) is 4.79 Å². The molecule has 0 saturated heterocycles. The minimum atomic E-state index is -0.582. The van der Waals surface area contributed by atoms with Crippen LogP contribution in [0.25, 0.3) is 0 Å². The van der Waals surface area contributed by atoms with Gasteiger partial charge in [-0.1, -0.05) is 6.92 Å². The standard InChI is InChI=1S/C13H13FN2O2S/c1-2-9-6-15-12(19-9)7-16-13(18)10-4-3-8(14)5-11(10)17/h3-6,17H,2,7H2,1H3,(H,16,18). The number of rotatable bonds is 4. The molecule has 1 amide bonds. The van der Waals surface area contributed by atoms with E-state index in [0.29, 0.717) is 6.54 Å². The van der Waals surface area contributed by atoms with Crippen LogP contribution in [0.1, 0.15) is 27.2 Å². The van der Waals surface area contributed by atoms with Crippen molar-refractivity contribution in [2.45, 2.75) is 19.9 Å². The van der Waals surface area contributed by atoms with E-state index in [0.717, 1.165) is 28.4 Å². The molecule has 0 fully saturated rings. The van der Waals surface area contributed by atoms with Gasteiger partial charge in [0.15, 0.2) is 0 Å². The Morgan fingerprint density at radius 2 is 2.32 bits per heavy atom. The normalized spacial score (nSPS) is 10.4. The first kappa shape index (κ1) is 13.5. The first-order chi connectivity index (χ1) is 9.10. The van der Waals surface area contributed by atoms with E-state index in [1.54, 1.807) is 6.20 Å². The molecule has 19 heavy (non-hydrogen) atoms. The zero-order valence-corrected chi connectivity index (χ0v) is 11.1. The van der Waals surface area contributed by atoms with Crippen LogP contribution < -0.4 is 5.32 Å². The first-order valence-electron chi connectivity index (χ1n) is 5.80. The van der Waals surface area contributed by atoms with Crippen molar-refractivity contribution in [3.8, 4) is 5.75 Å². The third-order valence-corrected chi connectivity index (χ3v) is 3.70. The molecular formula is C13H13FN2O2S. The highest BCUT2D eigenvalue weighted by molar-refractivity contribution is 7.11. The van der Waals surface area contributed by atoms with Crippen LogP contribution >= 0.6 is 11.3 Å². The second kappa shape index (κ2) is 5.79. The Balaban J connectivity index is 2.01. The third-order valence-electron chi connectivity index (χ3n) is 2.55. The zero-order chi connectivity index (χ0) is 13.8. The molecule has 2 N–H and O–H groups in total. The Hall–Kier alpha value is -1.95. The van der Waals surface area contributed by atoms with E-state index in [1.807, 2.05) is 6.92 Å². The second-order valence-corrected chi connectivity index (χ2v) is 5.12. The van der Waals surface area contributed by atoms with Crippen LogP contribution in [0, 0.1) is 5.82 Å². The van der Waals surface area contributed by atoms with Gasteiger partial charge in [-0.15, -0.1) is 11.3 Å². The maximum absolute atomic E-state index is 12.8. The van der Waals surface area contributed by atoms with Gasteiger partial charge in [0.2, 0.25) is 0 Å². The summed E-state index contributed by atoms with van der Waals surface area (Å²) in [4.78, 5) is 17.1. The van der Waals surface area contributed by atoms with Crippen molar-refractivity contribution in [3.05, 3.63) is 45.7 Å². The average molecular weight is 280 g/mol. The van der Waals surface area contributed by atoms with Crippen molar-refractivity contribution in [3.63, 3.8) is 0 Å². The molecule has 0 aliphatic heterocycles. The van der Waals surface area contributed by atoms with E-state index in [1.165, 1.54) is 17.4 Å². The maximum atomic E-state index is 12.8. The summed E-state index contributed by atoms with van der Waals surface area (Å²) in [6.07, 6.45) is 2.69. The molecule has 0 saturated carbocycles. The van der Waals surface area contributed by atoms with Crippen LogP contribution in [-0.2, 0) is 13.0 Å². The van der Waals surface area contributed by atoms with Gasteiger partial charge in [-0.25, -0.2) is 9.37 Å². The molecule has 0 atom stereocenters. The lowest BCUT2D eigenvalue weighted by Crippen LogP contribution is -2.22. The molecule has 1 aromatic carbocycles. The topological polar surface area (TPSA) is 62.2 Å². The summed E-state index contributed by atoms with van der Waals surface area (Å²) in [6.45, 7) is 2.33. The van der Waals surface area contributed by atoms with Crippen molar-refractivity contribution in [1.82, 2.24) is 10.3 Å². The molecule has 100 valence electrons. The average Bonchev–Trinajstić information content (AvgIpc) is 2.84. The minimum absolute atomic E-state index is 0.0497. The van der Waals surface area contributed by atoms with Crippen molar-refractivity contribution < 1.29 is 14.3 Å². The third kappa shape index (κ3) is 3.29. The molecule has 0 bridgehead atoms. The molecule has 0 radical (unpaired) electrons. The van der Waals surface area contributed by atoms with E-state index in [4.69, 9.17) is 0 Å². The molecule has 4 nitrogen and oxygen atoms in total. The number of phenols is 1. The predicted molar refractivity (Wildman–Crippen MR) is 70.7 cm³/mol. The summed E-state index contributed by atoms with van der Waals surface area (Å²) >= 11 is 1.53. The summed E-state index contributed by atoms with van der Waals surface area (Å²) in [5, 5.41) is 12.9. The highest BCUT2D eigenvalue weighted by Crippen LogP contribution is 2.18. The lowest BCUT2D eigenvalue weighted by atomic mass is 10.2. The minimum Gasteiger partial charge on any atom is -0.507 e. The number of aromatic hydroxyl groups is 1. The second-order valence-electron chi connectivity index (χ2n) is 3.92.